The monoisotopic (exact) mass is 224 g/mol. The first-order valence-corrected chi connectivity index (χ1v) is 6.58. The Labute approximate surface area is 96.8 Å². The smallest absolute Gasteiger partial charge is 0.0393 e. The third-order valence-corrected chi connectivity index (χ3v) is 3.13. The molecule has 0 fully saturated rings. The van der Waals surface area contributed by atoms with Gasteiger partial charge in [0.25, 0.3) is 0 Å². The van der Waals surface area contributed by atoms with Crippen LogP contribution in [0, 0.1) is 6.92 Å². The molecular formula is C12H20N2S. The highest BCUT2D eigenvalue weighted by Crippen LogP contribution is 2.20. The lowest BCUT2D eigenvalue weighted by atomic mass is 10.1. The van der Waals surface area contributed by atoms with E-state index >= 15 is 0 Å². The number of hydrogen-bond donors (Lipinski definition) is 1. The molecule has 0 heterocycles. The lowest BCUT2D eigenvalue weighted by molar-refractivity contribution is 0.965. The zero-order valence-corrected chi connectivity index (χ0v) is 10.6. The number of thioether (sulfide) groups is 1. The molecule has 0 saturated carbocycles. The molecule has 0 atom stereocenters. The fourth-order valence-corrected chi connectivity index (χ4v) is 2.08. The molecule has 0 unspecified atom stereocenters. The van der Waals surface area contributed by atoms with E-state index in [1.807, 2.05) is 11.8 Å². The summed E-state index contributed by atoms with van der Waals surface area (Å²) in [5, 5.41) is 0. The van der Waals surface area contributed by atoms with Crippen LogP contribution >= 0.6 is 11.8 Å². The minimum absolute atomic E-state index is 0.621. The van der Waals surface area contributed by atoms with Gasteiger partial charge >= 0.3 is 0 Å². The molecule has 0 aliphatic heterocycles. The van der Waals surface area contributed by atoms with Crippen LogP contribution in [0.5, 0.6) is 0 Å². The minimum Gasteiger partial charge on any atom is -0.374 e. The van der Waals surface area contributed by atoms with E-state index in [2.05, 4.69) is 43.3 Å². The molecule has 1 aromatic rings. The van der Waals surface area contributed by atoms with Crippen molar-refractivity contribution in [1.82, 2.24) is 0 Å². The van der Waals surface area contributed by atoms with E-state index in [-0.39, 0.29) is 0 Å². The molecule has 0 saturated heterocycles. The van der Waals surface area contributed by atoms with Crippen molar-refractivity contribution < 1.29 is 0 Å². The van der Waals surface area contributed by atoms with Crippen LogP contribution in [0.25, 0.3) is 0 Å². The molecular weight excluding hydrogens is 204 g/mol. The van der Waals surface area contributed by atoms with Gasteiger partial charge in [0, 0.05) is 31.6 Å². The highest BCUT2D eigenvalue weighted by Gasteiger charge is 2.04. The average Bonchev–Trinajstić information content (AvgIpc) is 2.25. The predicted molar refractivity (Wildman–Crippen MR) is 70.7 cm³/mol. The summed E-state index contributed by atoms with van der Waals surface area (Å²) in [5.41, 5.74) is 9.43. The van der Waals surface area contributed by atoms with Crippen LogP contribution < -0.4 is 10.6 Å². The zero-order chi connectivity index (χ0) is 11.3. The highest BCUT2D eigenvalue weighted by molar-refractivity contribution is 7.98. The number of nitrogens with zero attached hydrogens (tertiary/aromatic N) is 1. The summed E-state index contributed by atoms with van der Waals surface area (Å²) in [6.07, 6.45) is 2.14. The number of benzene rings is 1. The van der Waals surface area contributed by atoms with Gasteiger partial charge in [-0.1, -0.05) is 12.1 Å². The standard InChI is InChI=1S/C12H20N2S/c1-10-8-11(9-13)4-5-12(10)14(2)6-7-15-3/h4-5,8H,6-7,9,13H2,1-3H3. The van der Waals surface area contributed by atoms with E-state index in [1.54, 1.807) is 0 Å². The molecule has 2 N–H and O–H groups in total. The van der Waals surface area contributed by atoms with Gasteiger partial charge in [0.15, 0.2) is 0 Å². The van der Waals surface area contributed by atoms with Gasteiger partial charge < -0.3 is 10.6 Å². The van der Waals surface area contributed by atoms with Crippen LogP contribution in [0.15, 0.2) is 18.2 Å². The second-order valence-corrected chi connectivity index (χ2v) is 4.72. The molecule has 84 valence electrons. The van der Waals surface area contributed by atoms with Crippen molar-refractivity contribution in [2.75, 3.05) is 30.5 Å². The van der Waals surface area contributed by atoms with Gasteiger partial charge in [0.05, 0.1) is 0 Å². The van der Waals surface area contributed by atoms with E-state index in [0.29, 0.717) is 6.54 Å². The fourth-order valence-electron chi connectivity index (χ4n) is 1.62. The normalized spacial score (nSPS) is 10.4. The van der Waals surface area contributed by atoms with Crippen molar-refractivity contribution in [3.63, 3.8) is 0 Å². The number of rotatable bonds is 5. The van der Waals surface area contributed by atoms with E-state index in [4.69, 9.17) is 5.73 Å². The van der Waals surface area contributed by atoms with Crippen molar-refractivity contribution in [1.29, 1.82) is 0 Å². The Bertz CT molecular complexity index is 312. The van der Waals surface area contributed by atoms with Crippen LogP contribution in [0.2, 0.25) is 0 Å². The number of hydrogen-bond acceptors (Lipinski definition) is 3. The predicted octanol–water partition coefficient (Wildman–Crippen LogP) is 2.25. The Balaban J connectivity index is 2.76. The van der Waals surface area contributed by atoms with Crippen molar-refractivity contribution in [2.45, 2.75) is 13.5 Å². The van der Waals surface area contributed by atoms with Crippen molar-refractivity contribution in [3.05, 3.63) is 29.3 Å². The molecule has 1 aromatic carbocycles. The fraction of sp³-hybridized carbons (Fsp3) is 0.500. The van der Waals surface area contributed by atoms with Gasteiger partial charge in [-0.3, -0.25) is 0 Å². The first kappa shape index (κ1) is 12.4. The quantitative estimate of drug-likeness (QED) is 0.832. The Hall–Kier alpha value is -0.670. The summed E-state index contributed by atoms with van der Waals surface area (Å²) in [4.78, 5) is 2.30. The molecule has 0 spiro atoms. The molecule has 0 aromatic heterocycles. The van der Waals surface area contributed by atoms with Gasteiger partial charge in [0.2, 0.25) is 0 Å². The largest absolute Gasteiger partial charge is 0.374 e. The summed E-state index contributed by atoms with van der Waals surface area (Å²) in [5.74, 6) is 1.16. The third-order valence-electron chi connectivity index (χ3n) is 2.54. The van der Waals surface area contributed by atoms with E-state index < -0.39 is 0 Å². The Morgan fingerprint density at radius 1 is 1.40 bits per heavy atom. The summed E-state index contributed by atoms with van der Waals surface area (Å²) in [6.45, 7) is 3.85. The van der Waals surface area contributed by atoms with Gasteiger partial charge in [-0.15, -0.1) is 0 Å². The number of nitrogens with two attached hydrogens (primary N) is 1. The lowest BCUT2D eigenvalue weighted by Gasteiger charge is -2.21. The molecule has 0 aliphatic carbocycles. The number of aryl methyl sites for hydroxylation is 1. The maximum Gasteiger partial charge on any atom is 0.0393 e. The van der Waals surface area contributed by atoms with E-state index in [0.717, 1.165) is 12.3 Å². The molecule has 0 bridgehead atoms. The third kappa shape index (κ3) is 3.43. The van der Waals surface area contributed by atoms with E-state index in [9.17, 15) is 0 Å². The summed E-state index contributed by atoms with van der Waals surface area (Å²) in [7, 11) is 2.14. The summed E-state index contributed by atoms with van der Waals surface area (Å²) in [6, 6.07) is 6.45. The van der Waals surface area contributed by atoms with Crippen molar-refractivity contribution >= 4 is 17.4 Å². The average molecular weight is 224 g/mol. The summed E-state index contributed by atoms with van der Waals surface area (Å²) >= 11 is 1.88. The zero-order valence-electron chi connectivity index (χ0n) is 9.79. The maximum absolute atomic E-state index is 5.61. The van der Waals surface area contributed by atoms with Crippen LogP contribution in [0.1, 0.15) is 11.1 Å². The first-order chi connectivity index (χ1) is 7.19. The molecule has 1 rings (SSSR count). The van der Waals surface area contributed by atoms with Gasteiger partial charge in [0.1, 0.15) is 0 Å². The van der Waals surface area contributed by atoms with Gasteiger partial charge in [-0.05, 0) is 30.4 Å². The van der Waals surface area contributed by atoms with Crippen LogP contribution in [-0.4, -0.2) is 25.6 Å². The molecule has 0 radical (unpaired) electrons. The molecule has 0 amide bonds. The first-order valence-electron chi connectivity index (χ1n) is 5.18. The Morgan fingerprint density at radius 3 is 2.67 bits per heavy atom. The van der Waals surface area contributed by atoms with Crippen LogP contribution in [-0.2, 0) is 6.54 Å². The second-order valence-electron chi connectivity index (χ2n) is 3.74. The van der Waals surface area contributed by atoms with Crippen molar-refractivity contribution in [3.8, 4) is 0 Å². The SMILES string of the molecule is CSCCN(C)c1ccc(CN)cc1C. The molecule has 2 nitrogen and oxygen atoms in total. The van der Waals surface area contributed by atoms with Crippen LogP contribution in [0.4, 0.5) is 5.69 Å². The molecule has 3 heteroatoms. The van der Waals surface area contributed by atoms with Crippen molar-refractivity contribution in [2.24, 2.45) is 5.73 Å². The van der Waals surface area contributed by atoms with Crippen LogP contribution in [0.3, 0.4) is 0 Å². The van der Waals surface area contributed by atoms with Gasteiger partial charge in [-0.2, -0.15) is 11.8 Å². The Morgan fingerprint density at radius 2 is 2.13 bits per heavy atom. The maximum atomic E-state index is 5.61. The van der Waals surface area contributed by atoms with Gasteiger partial charge in [-0.25, -0.2) is 0 Å². The lowest BCUT2D eigenvalue weighted by Crippen LogP contribution is -2.21. The molecule has 15 heavy (non-hydrogen) atoms. The van der Waals surface area contributed by atoms with E-state index in [1.165, 1.54) is 16.8 Å². The summed E-state index contributed by atoms with van der Waals surface area (Å²) < 4.78 is 0. The topological polar surface area (TPSA) is 29.3 Å². The number of anilines is 1. The molecule has 0 aliphatic rings. The Kier molecular flexibility index (Phi) is 4.99. The highest BCUT2D eigenvalue weighted by atomic mass is 32.2. The second kappa shape index (κ2) is 6.03. The minimum atomic E-state index is 0.621.